The average molecular weight is 429 g/mol. The standard InChI is InChI=1S/C19H19N5O5S/c1-11-12(2)29-23-19(11)24-30(27,28)16-7-4-14(5-8-16)21-22-17-10-15(20-13(3)25)6-9-18(17)26/h4-10,26H,1-3H3,(H,20,25)(H,23,24). The first kappa shape index (κ1) is 21.0. The van der Waals surface area contributed by atoms with Crippen molar-refractivity contribution in [2.45, 2.75) is 25.7 Å². The zero-order valence-corrected chi connectivity index (χ0v) is 17.2. The zero-order chi connectivity index (χ0) is 21.9. The monoisotopic (exact) mass is 429 g/mol. The van der Waals surface area contributed by atoms with Gasteiger partial charge in [-0.15, -0.1) is 5.11 Å². The van der Waals surface area contributed by atoms with Crippen molar-refractivity contribution >= 4 is 38.8 Å². The van der Waals surface area contributed by atoms with Crippen LogP contribution in [0.5, 0.6) is 5.75 Å². The first-order valence-electron chi connectivity index (χ1n) is 8.74. The van der Waals surface area contributed by atoms with Crippen molar-refractivity contribution in [2.75, 3.05) is 10.0 Å². The Morgan fingerprint density at radius 2 is 1.80 bits per heavy atom. The Kier molecular flexibility index (Phi) is 5.83. The molecule has 1 aromatic heterocycles. The first-order valence-corrected chi connectivity index (χ1v) is 10.2. The summed E-state index contributed by atoms with van der Waals surface area (Å²) in [5, 5.41) is 24.1. The number of aromatic hydroxyl groups is 1. The van der Waals surface area contributed by atoms with E-state index in [2.05, 4.69) is 25.4 Å². The van der Waals surface area contributed by atoms with Crippen molar-refractivity contribution in [1.82, 2.24) is 5.16 Å². The van der Waals surface area contributed by atoms with Gasteiger partial charge in [0.15, 0.2) is 5.82 Å². The topological polar surface area (TPSA) is 146 Å². The fourth-order valence-electron chi connectivity index (χ4n) is 2.39. The number of phenols is 1. The summed E-state index contributed by atoms with van der Waals surface area (Å²) >= 11 is 0. The van der Waals surface area contributed by atoms with Crippen LogP contribution in [0.25, 0.3) is 0 Å². The number of rotatable bonds is 6. The van der Waals surface area contributed by atoms with Crippen LogP contribution in [-0.2, 0) is 14.8 Å². The molecule has 1 heterocycles. The van der Waals surface area contributed by atoms with Gasteiger partial charge >= 0.3 is 0 Å². The predicted molar refractivity (Wildman–Crippen MR) is 110 cm³/mol. The highest BCUT2D eigenvalue weighted by molar-refractivity contribution is 7.92. The Hall–Kier alpha value is -3.73. The van der Waals surface area contributed by atoms with E-state index in [4.69, 9.17) is 4.52 Å². The van der Waals surface area contributed by atoms with Gasteiger partial charge in [-0.1, -0.05) is 5.16 Å². The van der Waals surface area contributed by atoms with Crippen LogP contribution < -0.4 is 10.0 Å². The van der Waals surface area contributed by atoms with E-state index < -0.39 is 10.0 Å². The molecular formula is C19H19N5O5S. The molecule has 0 aliphatic carbocycles. The van der Waals surface area contributed by atoms with Gasteiger partial charge in [-0.05, 0) is 56.3 Å². The zero-order valence-electron chi connectivity index (χ0n) is 16.4. The van der Waals surface area contributed by atoms with Gasteiger partial charge in [0.25, 0.3) is 10.0 Å². The average Bonchev–Trinajstić information content (AvgIpc) is 3.00. The van der Waals surface area contributed by atoms with Gasteiger partial charge in [0.05, 0.1) is 10.6 Å². The van der Waals surface area contributed by atoms with Crippen LogP contribution in [0.3, 0.4) is 0 Å². The Balaban J connectivity index is 1.77. The van der Waals surface area contributed by atoms with Crippen LogP contribution in [-0.4, -0.2) is 24.6 Å². The number of nitrogens with one attached hydrogen (secondary N) is 2. The number of sulfonamides is 1. The second-order valence-electron chi connectivity index (χ2n) is 6.40. The summed E-state index contributed by atoms with van der Waals surface area (Å²) in [6, 6.07) is 10.0. The van der Waals surface area contributed by atoms with Crippen molar-refractivity contribution < 1.29 is 22.8 Å². The summed E-state index contributed by atoms with van der Waals surface area (Å²) < 4.78 is 32.4. The van der Waals surface area contributed by atoms with Gasteiger partial charge in [-0.25, -0.2) is 8.42 Å². The highest BCUT2D eigenvalue weighted by atomic mass is 32.2. The van der Waals surface area contributed by atoms with E-state index in [0.717, 1.165) is 0 Å². The molecule has 0 spiro atoms. The lowest BCUT2D eigenvalue weighted by atomic mass is 10.2. The van der Waals surface area contributed by atoms with E-state index in [9.17, 15) is 18.3 Å². The van der Waals surface area contributed by atoms with E-state index in [1.165, 1.54) is 49.4 Å². The number of benzene rings is 2. The molecule has 3 N–H and O–H groups in total. The number of anilines is 2. The molecule has 156 valence electrons. The molecule has 30 heavy (non-hydrogen) atoms. The first-order chi connectivity index (χ1) is 14.2. The van der Waals surface area contributed by atoms with Crippen LogP contribution in [0.1, 0.15) is 18.2 Å². The Morgan fingerprint density at radius 1 is 1.10 bits per heavy atom. The fourth-order valence-corrected chi connectivity index (χ4v) is 3.44. The highest BCUT2D eigenvalue weighted by Gasteiger charge is 2.18. The Bertz CT molecular complexity index is 1220. The molecule has 1 amide bonds. The SMILES string of the molecule is CC(=O)Nc1ccc(O)c(N=Nc2ccc(S(=O)(=O)Nc3noc(C)c3C)cc2)c1. The number of hydrogen-bond donors (Lipinski definition) is 3. The number of nitrogens with zero attached hydrogens (tertiary/aromatic N) is 3. The Morgan fingerprint density at radius 3 is 2.40 bits per heavy atom. The van der Waals surface area contributed by atoms with E-state index in [-0.39, 0.29) is 28.1 Å². The summed E-state index contributed by atoms with van der Waals surface area (Å²) in [6.45, 7) is 4.75. The van der Waals surface area contributed by atoms with Crippen molar-refractivity contribution in [2.24, 2.45) is 10.2 Å². The van der Waals surface area contributed by atoms with Gasteiger partial charge in [-0.3, -0.25) is 9.52 Å². The lowest BCUT2D eigenvalue weighted by Crippen LogP contribution is -2.13. The van der Waals surface area contributed by atoms with E-state index in [0.29, 0.717) is 22.7 Å². The van der Waals surface area contributed by atoms with Crippen LogP contribution in [0.2, 0.25) is 0 Å². The van der Waals surface area contributed by atoms with Crippen molar-refractivity contribution in [1.29, 1.82) is 0 Å². The maximum atomic E-state index is 12.5. The number of aromatic nitrogens is 1. The third kappa shape index (κ3) is 4.81. The van der Waals surface area contributed by atoms with E-state index in [1.54, 1.807) is 13.8 Å². The Labute approximate surface area is 172 Å². The number of carbonyl (C=O) groups is 1. The summed E-state index contributed by atoms with van der Waals surface area (Å²) in [4.78, 5) is 11.2. The number of hydrogen-bond acceptors (Lipinski definition) is 8. The summed E-state index contributed by atoms with van der Waals surface area (Å²) in [5.41, 5.74) is 1.58. The molecule has 0 fully saturated rings. The second kappa shape index (κ2) is 8.33. The second-order valence-corrected chi connectivity index (χ2v) is 8.08. The lowest BCUT2D eigenvalue weighted by Gasteiger charge is -2.06. The number of azo groups is 1. The summed E-state index contributed by atoms with van der Waals surface area (Å²) in [6.07, 6.45) is 0. The third-order valence-electron chi connectivity index (χ3n) is 4.10. The van der Waals surface area contributed by atoms with Gasteiger partial charge in [0.2, 0.25) is 5.91 Å². The summed E-state index contributed by atoms with van der Waals surface area (Å²) in [5.74, 6) is 0.277. The van der Waals surface area contributed by atoms with Crippen molar-refractivity contribution in [3.05, 3.63) is 53.8 Å². The number of aryl methyl sites for hydroxylation is 1. The van der Waals surface area contributed by atoms with Crippen LogP contribution in [0.15, 0.2) is 62.1 Å². The molecule has 0 bridgehead atoms. The molecule has 10 nitrogen and oxygen atoms in total. The van der Waals surface area contributed by atoms with Crippen LogP contribution in [0.4, 0.5) is 22.9 Å². The molecule has 0 atom stereocenters. The number of carbonyl (C=O) groups excluding carboxylic acids is 1. The quantitative estimate of drug-likeness (QED) is 0.396. The minimum Gasteiger partial charge on any atom is -0.506 e. The minimum atomic E-state index is -3.86. The molecular weight excluding hydrogens is 410 g/mol. The number of phenolic OH excluding ortho intramolecular Hbond substituents is 1. The highest BCUT2D eigenvalue weighted by Crippen LogP contribution is 2.31. The molecule has 11 heteroatoms. The van der Waals surface area contributed by atoms with Crippen molar-refractivity contribution in [3.8, 4) is 5.75 Å². The molecule has 3 rings (SSSR count). The number of amides is 1. The van der Waals surface area contributed by atoms with E-state index in [1.807, 2.05) is 0 Å². The molecule has 3 aromatic rings. The molecule has 0 radical (unpaired) electrons. The minimum absolute atomic E-state index is 0.0111. The molecule has 0 aliphatic rings. The lowest BCUT2D eigenvalue weighted by molar-refractivity contribution is -0.114. The van der Waals surface area contributed by atoms with Crippen LogP contribution >= 0.6 is 0 Å². The van der Waals surface area contributed by atoms with Gasteiger partial charge in [0.1, 0.15) is 17.2 Å². The molecule has 0 saturated heterocycles. The largest absolute Gasteiger partial charge is 0.506 e. The fraction of sp³-hybridized carbons (Fsp3) is 0.158. The maximum absolute atomic E-state index is 12.5. The van der Waals surface area contributed by atoms with E-state index >= 15 is 0 Å². The van der Waals surface area contributed by atoms with Gasteiger partial charge in [0, 0.05) is 18.2 Å². The predicted octanol–water partition coefficient (Wildman–Crippen LogP) is 4.17. The normalized spacial score (nSPS) is 11.6. The molecule has 2 aromatic carbocycles. The van der Waals surface area contributed by atoms with Crippen molar-refractivity contribution in [3.63, 3.8) is 0 Å². The van der Waals surface area contributed by atoms with Gasteiger partial charge < -0.3 is 14.9 Å². The molecule has 0 unspecified atom stereocenters. The maximum Gasteiger partial charge on any atom is 0.263 e. The smallest absolute Gasteiger partial charge is 0.263 e. The van der Waals surface area contributed by atoms with Gasteiger partial charge in [-0.2, -0.15) is 5.11 Å². The third-order valence-corrected chi connectivity index (χ3v) is 5.46. The van der Waals surface area contributed by atoms with Crippen LogP contribution in [0, 0.1) is 13.8 Å². The molecule has 0 saturated carbocycles. The molecule has 0 aliphatic heterocycles. The summed E-state index contributed by atoms with van der Waals surface area (Å²) in [7, 11) is -3.86.